The van der Waals surface area contributed by atoms with Crippen LogP contribution < -0.4 is 14.8 Å². The third-order valence-electron chi connectivity index (χ3n) is 2.51. The van der Waals surface area contributed by atoms with Gasteiger partial charge in [0.15, 0.2) is 11.5 Å². The molecule has 0 saturated carbocycles. The van der Waals surface area contributed by atoms with E-state index in [4.69, 9.17) is 21.1 Å². The molecule has 1 rings (SSSR count). The van der Waals surface area contributed by atoms with Gasteiger partial charge in [-0.3, -0.25) is 0 Å². The van der Waals surface area contributed by atoms with Crippen molar-refractivity contribution in [2.75, 3.05) is 20.3 Å². The van der Waals surface area contributed by atoms with Gasteiger partial charge in [-0.2, -0.15) is 0 Å². The first-order valence-corrected chi connectivity index (χ1v) is 6.84. The van der Waals surface area contributed by atoms with E-state index in [0.29, 0.717) is 36.2 Å². The Morgan fingerprint density at radius 2 is 2.16 bits per heavy atom. The van der Waals surface area contributed by atoms with Crippen LogP contribution in [0.3, 0.4) is 0 Å². The molecule has 0 aliphatic heterocycles. The van der Waals surface area contributed by atoms with Gasteiger partial charge >= 0.3 is 0 Å². The van der Waals surface area contributed by atoms with Crippen molar-refractivity contribution >= 4 is 11.6 Å². The van der Waals surface area contributed by atoms with Crippen molar-refractivity contribution in [3.8, 4) is 11.5 Å². The molecule has 0 fully saturated rings. The number of halogens is 1. The summed E-state index contributed by atoms with van der Waals surface area (Å²) >= 11 is 6.21. The van der Waals surface area contributed by atoms with Crippen LogP contribution in [0, 0.1) is 0 Å². The zero-order valence-corrected chi connectivity index (χ0v) is 12.5. The number of hydrogen-bond donors (Lipinski definition) is 2. The van der Waals surface area contributed by atoms with Crippen molar-refractivity contribution in [2.45, 2.75) is 32.9 Å². The lowest BCUT2D eigenvalue weighted by atomic mass is 10.2. The van der Waals surface area contributed by atoms with Gasteiger partial charge < -0.3 is 19.9 Å². The normalized spacial score (nSPS) is 12.3. The number of rotatable bonds is 8. The molecule has 5 heteroatoms. The molecule has 0 bridgehead atoms. The molecule has 19 heavy (non-hydrogen) atoms. The van der Waals surface area contributed by atoms with Gasteiger partial charge in [0.2, 0.25) is 0 Å². The van der Waals surface area contributed by atoms with Crippen LogP contribution in [0.1, 0.15) is 25.8 Å². The van der Waals surface area contributed by atoms with Crippen molar-refractivity contribution in [3.05, 3.63) is 22.7 Å². The Kier molecular flexibility index (Phi) is 6.99. The van der Waals surface area contributed by atoms with E-state index in [1.54, 1.807) is 14.0 Å². The number of benzene rings is 1. The molecule has 0 radical (unpaired) electrons. The summed E-state index contributed by atoms with van der Waals surface area (Å²) in [6.45, 7) is 5.54. The van der Waals surface area contributed by atoms with E-state index in [-0.39, 0.29) is 6.10 Å². The van der Waals surface area contributed by atoms with Crippen LogP contribution in [0.25, 0.3) is 0 Å². The Balaban J connectivity index is 2.77. The molecule has 1 atom stereocenters. The fourth-order valence-corrected chi connectivity index (χ4v) is 1.93. The molecule has 0 unspecified atom stereocenters. The summed E-state index contributed by atoms with van der Waals surface area (Å²) in [5, 5.41) is 12.9. The highest BCUT2D eigenvalue weighted by Crippen LogP contribution is 2.36. The second kappa shape index (κ2) is 8.25. The first-order valence-electron chi connectivity index (χ1n) is 6.46. The maximum atomic E-state index is 9.19. The summed E-state index contributed by atoms with van der Waals surface area (Å²) < 4.78 is 10.9. The number of aliphatic hydroxyl groups excluding tert-OH is 1. The van der Waals surface area contributed by atoms with Crippen molar-refractivity contribution in [3.63, 3.8) is 0 Å². The van der Waals surface area contributed by atoms with Crippen molar-refractivity contribution in [1.29, 1.82) is 0 Å². The van der Waals surface area contributed by atoms with E-state index < -0.39 is 0 Å². The fraction of sp³-hybridized carbons (Fsp3) is 0.571. The van der Waals surface area contributed by atoms with Crippen molar-refractivity contribution in [2.24, 2.45) is 0 Å². The summed E-state index contributed by atoms with van der Waals surface area (Å²) in [5.41, 5.74) is 0.992. The predicted molar refractivity (Wildman–Crippen MR) is 77.2 cm³/mol. The maximum absolute atomic E-state index is 9.19. The fourth-order valence-electron chi connectivity index (χ4n) is 1.64. The van der Waals surface area contributed by atoms with Crippen LogP contribution >= 0.6 is 11.6 Å². The van der Waals surface area contributed by atoms with Crippen LogP contribution in [0.2, 0.25) is 5.02 Å². The zero-order valence-electron chi connectivity index (χ0n) is 11.7. The summed E-state index contributed by atoms with van der Waals surface area (Å²) in [7, 11) is 1.59. The van der Waals surface area contributed by atoms with Gasteiger partial charge in [0.05, 0.1) is 24.8 Å². The van der Waals surface area contributed by atoms with Crippen molar-refractivity contribution in [1.82, 2.24) is 5.32 Å². The Hall–Kier alpha value is -0.970. The molecule has 4 nitrogen and oxygen atoms in total. The highest BCUT2D eigenvalue weighted by molar-refractivity contribution is 6.32. The third-order valence-corrected chi connectivity index (χ3v) is 2.79. The van der Waals surface area contributed by atoms with Crippen LogP contribution in [0.5, 0.6) is 11.5 Å². The van der Waals surface area contributed by atoms with Crippen LogP contribution in [-0.2, 0) is 6.54 Å². The van der Waals surface area contributed by atoms with Gasteiger partial charge in [-0.05, 0) is 31.0 Å². The van der Waals surface area contributed by atoms with E-state index in [2.05, 4.69) is 5.32 Å². The van der Waals surface area contributed by atoms with Crippen LogP contribution in [0.4, 0.5) is 0 Å². The van der Waals surface area contributed by atoms with Crippen molar-refractivity contribution < 1.29 is 14.6 Å². The van der Waals surface area contributed by atoms with Gasteiger partial charge in [-0.1, -0.05) is 18.5 Å². The number of methoxy groups -OCH3 is 1. The summed E-state index contributed by atoms with van der Waals surface area (Å²) in [4.78, 5) is 0. The highest BCUT2D eigenvalue weighted by Gasteiger charge is 2.11. The minimum atomic E-state index is -0.371. The molecule has 0 aliphatic rings. The molecular weight excluding hydrogens is 266 g/mol. The molecule has 0 amide bonds. The van der Waals surface area contributed by atoms with Gasteiger partial charge in [0.25, 0.3) is 0 Å². The lowest BCUT2D eigenvalue weighted by molar-refractivity contribution is 0.191. The number of ether oxygens (including phenoxy) is 2. The smallest absolute Gasteiger partial charge is 0.179 e. The SMILES string of the molecule is CCCOc1c(Cl)cc(CNC[C@H](C)O)cc1OC. The Morgan fingerprint density at radius 3 is 2.74 bits per heavy atom. The highest BCUT2D eigenvalue weighted by atomic mass is 35.5. The first-order chi connectivity index (χ1) is 9.08. The molecule has 108 valence electrons. The standard InChI is InChI=1S/C14H22ClNO3/c1-4-5-19-14-12(15)6-11(7-13(14)18-3)9-16-8-10(2)17/h6-7,10,16-17H,4-5,8-9H2,1-3H3/t10-/m0/s1. The lowest BCUT2D eigenvalue weighted by Gasteiger charge is -2.14. The van der Waals surface area contributed by atoms with E-state index in [1.807, 2.05) is 19.1 Å². The predicted octanol–water partition coefficient (Wildman–Crippen LogP) is 2.61. The minimum absolute atomic E-state index is 0.371. The topological polar surface area (TPSA) is 50.7 Å². The van der Waals surface area contributed by atoms with Gasteiger partial charge in [0, 0.05) is 13.1 Å². The molecule has 0 saturated heterocycles. The average molecular weight is 288 g/mol. The molecule has 1 aromatic carbocycles. The summed E-state index contributed by atoms with van der Waals surface area (Å²) in [6, 6.07) is 3.75. The minimum Gasteiger partial charge on any atom is -0.493 e. The maximum Gasteiger partial charge on any atom is 0.179 e. The van der Waals surface area contributed by atoms with E-state index in [9.17, 15) is 5.11 Å². The number of aliphatic hydroxyl groups is 1. The second-order valence-corrected chi connectivity index (χ2v) is 4.84. The lowest BCUT2D eigenvalue weighted by Crippen LogP contribution is -2.23. The van der Waals surface area contributed by atoms with E-state index in [0.717, 1.165) is 12.0 Å². The van der Waals surface area contributed by atoms with Gasteiger partial charge in [-0.25, -0.2) is 0 Å². The molecule has 1 aromatic rings. The van der Waals surface area contributed by atoms with Crippen LogP contribution in [-0.4, -0.2) is 31.5 Å². The first kappa shape index (κ1) is 16.1. The number of hydrogen-bond acceptors (Lipinski definition) is 4. The van der Waals surface area contributed by atoms with E-state index in [1.165, 1.54) is 0 Å². The van der Waals surface area contributed by atoms with Crippen LogP contribution in [0.15, 0.2) is 12.1 Å². The monoisotopic (exact) mass is 287 g/mol. The average Bonchev–Trinajstić information content (AvgIpc) is 2.36. The molecule has 0 aromatic heterocycles. The van der Waals surface area contributed by atoms with Gasteiger partial charge in [0.1, 0.15) is 0 Å². The third kappa shape index (κ3) is 5.27. The molecule has 0 aliphatic carbocycles. The molecule has 0 spiro atoms. The zero-order chi connectivity index (χ0) is 14.3. The second-order valence-electron chi connectivity index (χ2n) is 4.44. The Morgan fingerprint density at radius 1 is 1.42 bits per heavy atom. The molecular formula is C14H22ClNO3. The largest absolute Gasteiger partial charge is 0.493 e. The van der Waals surface area contributed by atoms with Gasteiger partial charge in [-0.15, -0.1) is 0 Å². The summed E-state index contributed by atoms with van der Waals surface area (Å²) in [6.07, 6.45) is 0.543. The summed E-state index contributed by atoms with van der Waals surface area (Å²) in [5.74, 6) is 1.22. The van der Waals surface area contributed by atoms with E-state index >= 15 is 0 Å². The Labute approximate surface area is 119 Å². The molecule has 2 N–H and O–H groups in total. The Bertz CT molecular complexity index is 397. The quantitative estimate of drug-likeness (QED) is 0.772. The molecule has 0 heterocycles. The number of nitrogens with one attached hydrogen (secondary N) is 1.